The van der Waals surface area contributed by atoms with Gasteiger partial charge in [-0.3, -0.25) is 4.85 Å². The van der Waals surface area contributed by atoms with Crippen LogP contribution in [-0.2, 0) is 0 Å². The average Bonchev–Trinajstić information content (AvgIpc) is 1.67. The van der Waals surface area contributed by atoms with Crippen LogP contribution in [0, 0.1) is 6.57 Å². The fraction of sp³-hybridized carbons (Fsp3) is 0.667. The number of rotatable bonds is 1. The first-order valence-electron chi connectivity index (χ1n) is 1.55. The number of nitrogens with zero attached hydrogens (tertiary/aromatic N) is 1. The highest BCUT2D eigenvalue weighted by atomic mass is 35.5. The van der Waals surface area contributed by atoms with Crippen molar-refractivity contribution in [3.05, 3.63) is 11.4 Å². The molecule has 0 unspecified atom stereocenters. The van der Waals surface area contributed by atoms with Crippen molar-refractivity contribution in [3.63, 3.8) is 0 Å². The van der Waals surface area contributed by atoms with Gasteiger partial charge in [0, 0.05) is 0 Å². The second-order valence-electron chi connectivity index (χ2n) is 1.00. The molecular weight excluding hydrogens is 192 g/mol. The third kappa shape index (κ3) is 2.28. The third-order valence-corrected chi connectivity index (χ3v) is 2.10. The standard InChI is InChI=1S/C3HCl4N/c1-8-3(6,7)2(4)5/h2H. The zero-order chi connectivity index (χ0) is 6.78. The molecule has 0 saturated carbocycles. The van der Waals surface area contributed by atoms with E-state index in [0.717, 1.165) is 0 Å². The summed E-state index contributed by atoms with van der Waals surface area (Å²) >= 11 is 20.7. The molecule has 0 aromatic heterocycles. The molecule has 0 fully saturated rings. The van der Waals surface area contributed by atoms with E-state index in [1.165, 1.54) is 0 Å². The van der Waals surface area contributed by atoms with Crippen LogP contribution in [0.1, 0.15) is 0 Å². The SMILES string of the molecule is [C-]#[N+]C(Cl)(Cl)C(Cl)Cl. The van der Waals surface area contributed by atoms with Gasteiger partial charge in [-0.05, 0) is 23.2 Å². The Hall–Kier alpha value is 0.650. The summed E-state index contributed by atoms with van der Waals surface area (Å²) in [4.78, 5) is 1.67. The Morgan fingerprint density at radius 2 is 1.75 bits per heavy atom. The first kappa shape index (κ1) is 8.65. The van der Waals surface area contributed by atoms with E-state index in [2.05, 4.69) is 4.85 Å². The molecule has 0 aromatic rings. The average molecular weight is 193 g/mol. The predicted molar refractivity (Wildman–Crippen MR) is 36.5 cm³/mol. The minimum Gasteiger partial charge on any atom is -0.273 e. The van der Waals surface area contributed by atoms with Crippen molar-refractivity contribution in [2.75, 3.05) is 0 Å². The van der Waals surface area contributed by atoms with Gasteiger partial charge >= 0.3 is 4.46 Å². The van der Waals surface area contributed by atoms with Crippen LogP contribution >= 0.6 is 46.4 Å². The Balaban J connectivity index is 3.97. The summed E-state index contributed by atoms with van der Waals surface area (Å²) in [5.41, 5.74) is 0. The summed E-state index contributed by atoms with van der Waals surface area (Å²) in [5.74, 6) is 0. The monoisotopic (exact) mass is 191 g/mol. The predicted octanol–water partition coefficient (Wildman–Crippen LogP) is 2.84. The fourth-order valence-corrected chi connectivity index (χ4v) is 0.146. The van der Waals surface area contributed by atoms with Crippen molar-refractivity contribution in [2.24, 2.45) is 0 Å². The Morgan fingerprint density at radius 3 is 1.75 bits per heavy atom. The van der Waals surface area contributed by atoms with Crippen LogP contribution < -0.4 is 0 Å². The molecule has 8 heavy (non-hydrogen) atoms. The molecule has 0 saturated heterocycles. The maximum Gasteiger partial charge on any atom is 0.411 e. The second kappa shape index (κ2) is 2.98. The maximum atomic E-state index is 6.33. The number of hydrogen-bond acceptors (Lipinski definition) is 0. The first-order valence-corrected chi connectivity index (χ1v) is 3.18. The molecule has 0 N–H and O–H groups in total. The summed E-state index contributed by atoms with van der Waals surface area (Å²) in [6, 6.07) is 0. The zero-order valence-electron chi connectivity index (χ0n) is 3.54. The number of hydrogen-bond donors (Lipinski definition) is 0. The van der Waals surface area contributed by atoms with E-state index in [-0.39, 0.29) is 0 Å². The normalized spacial score (nSPS) is 11.5. The van der Waals surface area contributed by atoms with Gasteiger partial charge in [0.25, 0.3) is 0 Å². The van der Waals surface area contributed by atoms with Crippen molar-refractivity contribution in [3.8, 4) is 0 Å². The van der Waals surface area contributed by atoms with Crippen LogP contribution in [0.4, 0.5) is 0 Å². The highest BCUT2D eigenvalue weighted by Gasteiger charge is 2.38. The molecule has 46 valence electrons. The van der Waals surface area contributed by atoms with Gasteiger partial charge in [0.1, 0.15) is 0 Å². The molecule has 0 aromatic carbocycles. The minimum atomic E-state index is -1.69. The molecule has 0 aliphatic carbocycles. The van der Waals surface area contributed by atoms with E-state index in [9.17, 15) is 0 Å². The summed E-state index contributed by atoms with van der Waals surface area (Å²) in [5, 5.41) is 0. The molecule has 1 nitrogen and oxygen atoms in total. The van der Waals surface area contributed by atoms with Gasteiger partial charge in [-0.15, -0.1) is 0 Å². The summed E-state index contributed by atoms with van der Waals surface area (Å²) < 4.78 is -1.69. The summed E-state index contributed by atoms with van der Waals surface area (Å²) in [7, 11) is 0. The first-order chi connectivity index (χ1) is 3.50. The highest BCUT2D eigenvalue weighted by Crippen LogP contribution is 2.32. The van der Waals surface area contributed by atoms with E-state index in [4.69, 9.17) is 53.0 Å². The van der Waals surface area contributed by atoms with E-state index in [0.29, 0.717) is 0 Å². The van der Waals surface area contributed by atoms with Crippen LogP contribution in [-0.4, -0.2) is 9.29 Å². The molecule has 0 amide bonds. The topological polar surface area (TPSA) is 4.36 Å². The lowest BCUT2D eigenvalue weighted by atomic mass is 10.7. The Labute approximate surface area is 67.3 Å². The Morgan fingerprint density at radius 1 is 1.38 bits per heavy atom. The van der Waals surface area contributed by atoms with E-state index in [1.807, 2.05) is 0 Å². The second-order valence-corrected chi connectivity index (χ2v) is 3.44. The van der Waals surface area contributed by atoms with E-state index in [1.54, 1.807) is 0 Å². The van der Waals surface area contributed by atoms with Crippen LogP contribution in [0.15, 0.2) is 0 Å². The summed E-state index contributed by atoms with van der Waals surface area (Å²) in [6.45, 7) is 6.33. The molecule has 0 heterocycles. The molecule has 0 aliphatic rings. The van der Waals surface area contributed by atoms with Crippen LogP contribution in [0.25, 0.3) is 4.85 Å². The van der Waals surface area contributed by atoms with Gasteiger partial charge in [0.15, 0.2) is 0 Å². The zero-order valence-corrected chi connectivity index (χ0v) is 6.56. The van der Waals surface area contributed by atoms with Crippen molar-refractivity contribution < 1.29 is 0 Å². The van der Waals surface area contributed by atoms with Crippen LogP contribution in [0.3, 0.4) is 0 Å². The van der Waals surface area contributed by atoms with Crippen molar-refractivity contribution in [1.82, 2.24) is 0 Å². The quantitative estimate of drug-likeness (QED) is 0.342. The molecule has 0 radical (unpaired) electrons. The van der Waals surface area contributed by atoms with Gasteiger partial charge in [0.2, 0.25) is 4.84 Å². The molecule has 5 heteroatoms. The van der Waals surface area contributed by atoms with Gasteiger partial charge in [-0.2, -0.15) is 0 Å². The molecule has 0 bridgehead atoms. The van der Waals surface area contributed by atoms with E-state index < -0.39 is 9.29 Å². The van der Waals surface area contributed by atoms with E-state index >= 15 is 0 Å². The number of halogens is 4. The fourth-order valence-electron chi connectivity index (χ4n) is 0.0488. The van der Waals surface area contributed by atoms with Gasteiger partial charge in [-0.25, -0.2) is 6.57 Å². The smallest absolute Gasteiger partial charge is 0.273 e. The molecular formula is C3HCl4N. The maximum absolute atomic E-state index is 6.33. The molecule has 0 atom stereocenters. The van der Waals surface area contributed by atoms with Crippen molar-refractivity contribution >= 4 is 46.4 Å². The molecule has 0 aliphatic heterocycles. The lowest BCUT2D eigenvalue weighted by Gasteiger charge is -2.03. The van der Waals surface area contributed by atoms with Crippen molar-refractivity contribution in [1.29, 1.82) is 0 Å². The Bertz CT molecular complexity index is 113. The molecule has 0 spiro atoms. The van der Waals surface area contributed by atoms with Gasteiger partial charge in [-0.1, -0.05) is 23.2 Å². The lowest BCUT2D eigenvalue weighted by Crippen LogP contribution is -2.15. The van der Waals surface area contributed by atoms with Crippen LogP contribution in [0.2, 0.25) is 0 Å². The third-order valence-electron chi connectivity index (χ3n) is 0.412. The molecule has 0 rings (SSSR count). The summed E-state index contributed by atoms with van der Waals surface area (Å²) in [6.07, 6.45) is 0. The van der Waals surface area contributed by atoms with Gasteiger partial charge < -0.3 is 0 Å². The lowest BCUT2D eigenvalue weighted by molar-refractivity contribution is 1.06. The number of alkyl halides is 4. The highest BCUT2D eigenvalue weighted by molar-refractivity contribution is 6.60. The minimum absolute atomic E-state index is 1.07. The largest absolute Gasteiger partial charge is 0.411 e. The van der Waals surface area contributed by atoms with Gasteiger partial charge in [0.05, 0.1) is 0 Å². The van der Waals surface area contributed by atoms with Crippen molar-refractivity contribution in [2.45, 2.75) is 9.29 Å². The van der Waals surface area contributed by atoms with Crippen LogP contribution in [0.5, 0.6) is 0 Å². The Kier molecular flexibility index (Phi) is 3.23.